The Bertz CT molecular complexity index is 1330. The van der Waals surface area contributed by atoms with Crippen LogP contribution in [0.2, 0.25) is 0 Å². The SMILES string of the molecule is O=Cc1c(C#Cc2ccccc2)c2ccccc2n1S(=O)(=O)c1ccccc1. The molecule has 1 aromatic heterocycles. The zero-order chi connectivity index (χ0) is 19.6. The first-order chi connectivity index (χ1) is 13.6. The van der Waals surface area contributed by atoms with Crippen LogP contribution in [0.5, 0.6) is 0 Å². The quantitative estimate of drug-likeness (QED) is 0.394. The van der Waals surface area contributed by atoms with Gasteiger partial charge in [-0.25, -0.2) is 12.4 Å². The highest BCUT2D eigenvalue weighted by atomic mass is 32.2. The third-order valence-corrected chi connectivity index (χ3v) is 6.11. The molecule has 4 nitrogen and oxygen atoms in total. The predicted octanol–water partition coefficient (Wildman–Crippen LogP) is 4.09. The highest BCUT2D eigenvalue weighted by molar-refractivity contribution is 7.90. The Kier molecular flexibility index (Phi) is 4.56. The van der Waals surface area contributed by atoms with Crippen LogP contribution in [0, 0.1) is 11.8 Å². The molecule has 0 aliphatic heterocycles. The van der Waals surface area contributed by atoms with E-state index in [0.717, 1.165) is 9.54 Å². The number of nitrogens with zero attached hydrogens (tertiary/aromatic N) is 1. The predicted molar refractivity (Wildman–Crippen MR) is 109 cm³/mol. The summed E-state index contributed by atoms with van der Waals surface area (Å²) >= 11 is 0. The van der Waals surface area contributed by atoms with E-state index in [1.165, 1.54) is 12.1 Å². The summed E-state index contributed by atoms with van der Waals surface area (Å²) < 4.78 is 27.6. The number of hydrogen-bond acceptors (Lipinski definition) is 3. The Morgan fingerprint density at radius 2 is 1.36 bits per heavy atom. The molecular weight excluding hydrogens is 370 g/mol. The molecule has 0 saturated heterocycles. The number of carbonyl (C=O) groups is 1. The zero-order valence-electron chi connectivity index (χ0n) is 14.7. The van der Waals surface area contributed by atoms with Gasteiger partial charge in [0.05, 0.1) is 16.0 Å². The van der Waals surface area contributed by atoms with Crippen molar-refractivity contribution >= 4 is 27.2 Å². The van der Waals surface area contributed by atoms with E-state index in [-0.39, 0.29) is 10.6 Å². The first kappa shape index (κ1) is 17.8. The molecule has 0 unspecified atom stereocenters. The molecule has 4 aromatic rings. The summed E-state index contributed by atoms with van der Waals surface area (Å²) in [5.41, 5.74) is 1.62. The fourth-order valence-electron chi connectivity index (χ4n) is 3.08. The number of benzene rings is 3. The summed E-state index contributed by atoms with van der Waals surface area (Å²) in [7, 11) is -3.95. The number of hydrogen-bond donors (Lipinski definition) is 0. The topological polar surface area (TPSA) is 56.1 Å². The molecule has 1 heterocycles. The summed E-state index contributed by atoms with van der Waals surface area (Å²) in [5.74, 6) is 6.02. The van der Waals surface area contributed by atoms with Crippen molar-refractivity contribution in [2.75, 3.05) is 0 Å². The summed E-state index contributed by atoms with van der Waals surface area (Å²) in [5, 5.41) is 0.618. The highest BCUT2D eigenvalue weighted by Crippen LogP contribution is 2.29. The maximum Gasteiger partial charge on any atom is 0.268 e. The number of aldehydes is 1. The number of carbonyl (C=O) groups excluding carboxylic acids is 1. The first-order valence-electron chi connectivity index (χ1n) is 8.59. The van der Waals surface area contributed by atoms with E-state index < -0.39 is 10.0 Å². The summed E-state index contributed by atoms with van der Waals surface area (Å²) in [6.07, 6.45) is 0.551. The van der Waals surface area contributed by atoms with Gasteiger partial charge < -0.3 is 0 Å². The van der Waals surface area contributed by atoms with Crippen molar-refractivity contribution in [1.82, 2.24) is 3.97 Å². The molecule has 0 atom stereocenters. The van der Waals surface area contributed by atoms with E-state index in [0.29, 0.717) is 22.8 Å². The van der Waals surface area contributed by atoms with Crippen molar-refractivity contribution in [3.8, 4) is 11.8 Å². The van der Waals surface area contributed by atoms with Crippen LogP contribution in [0.1, 0.15) is 21.6 Å². The number of rotatable bonds is 3. The summed E-state index contributed by atoms with van der Waals surface area (Å²) in [6, 6.07) is 24.4. The molecule has 0 spiro atoms. The van der Waals surface area contributed by atoms with E-state index in [4.69, 9.17) is 0 Å². The van der Waals surface area contributed by atoms with E-state index in [1.54, 1.807) is 42.5 Å². The van der Waals surface area contributed by atoms with Gasteiger partial charge in [-0.15, -0.1) is 0 Å². The van der Waals surface area contributed by atoms with Gasteiger partial charge in [0.2, 0.25) is 0 Å². The van der Waals surface area contributed by atoms with Crippen LogP contribution < -0.4 is 0 Å². The Hall–Kier alpha value is -3.62. The van der Waals surface area contributed by atoms with Crippen molar-refractivity contribution in [1.29, 1.82) is 0 Å². The van der Waals surface area contributed by atoms with Gasteiger partial charge in [0, 0.05) is 10.9 Å². The van der Waals surface area contributed by atoms with Gasteiger partial charge in [-0.2, -0.15) is 0 Å². The smallest absolute Gasteiger partial charge is 0.268 e. The molecule has 0 saturated carbocycles. The third kappa shape index (κ3) is 3.00. The molecule has 0 aliphatic carbocycles. The van der Waals surface area contributed by atoms with Crippen LogP contribution in [0.15, 0.2) is 89.8 Å². The molecule has 0 N–H and O–H groups in total. The second kappa shape index (κ2) is 7.18. The fraction of sp³-hybridized carbons (Fsp3) is 0. The van der Waals surface area contributed by atoms with E-state index in [1.807, 2.05) is 30.3 Å². The van der Waals surface area contributed by atoms with Crippen LogP contribution >= 0.6 is 0 Å². The molecule has 0 radical (unpaired) electrons. The van der Waals surface area contributed by atoms with Crippen molar-refractivity contribution in [2.24, 2.45) is 0 Å². The van der Waals surface area contributed by atoms with Gasteiger partial charge in [0.15, 0.2) is 6.29 Å². The van der Waals surface area contributed by atoms with Crippen LogP contribution in [0.4, 0.5) is 0 Å². The van der Waals surface area contributed by atoms with Crippen LogP contribution in [-0.2, 0) is 10.0 Å². The molecular formula is C23H15NO3S. The minimum Gasteiger partial charge on any atom is -0.296 e. The number of aromatic nitrogens is 1. The monoisotopic (exact) mass is 385 g/mol. The van der Waals surface area contributed by atoms with Crippen LogP contribution in [0.25, 0.3) is 10.9 Å². The average Bonchev–Trinajstić information content (AvgIpc) is 3.08. The lowest BCUT2D eigenvalue weighted by atomic mass is 10.1. The molecule has 0 aliphatic rings. The Labute approximate surface area is 163 Å². The summed E-state index contributed by atoms with van der Waals surface area (Å²) in [4.78, 5) is 12.1. The summed E-state index contributed by atoms with van der Waals surface area (Å²) in [6.45, 7) is 0. The average molecular weight is 385 g/mol. The number of fused-ring (bicyclic) bond motifs is 1. The van der Waals surface area contributed by atoms with Crippen molar-refractivity contribution in [3.05, 3.63) is 102 Å². The number of para-hydroxylation sites is 1. The molecule has 0 fully saturated rings. The lowest BCUT2D eigenvalue weighted by Crippen LogP contribution is -2.15. The fourth-order valence-corrected chi connectivity index (χ4v) is 4.61. The maximum absolute atomic E-state index is 13.3. The van der Waals surface area contributed by atoms with Gasteiger partial charge >= 0.3 is 0 Å². The second-order valence-electron chi connectivity index (χ2n) is 6.09. The normalized spacial score (nSPS) is 11.0. The van der Waals surface area contributed by atoms with Gasteiger partial charge in [0.1, 0.15) is 5.69 Å². The first-order valence-corrected chi connectivity index (χ1v) is 10.0. The minimum absolute atomic E-state index is 0.0217. The van der Waals surface area contributed by atoms with Gasteiger partial charge in [0.25, 0.3) is 10.0 Å². The molecule has 5 heteroatoms. The van der Waals surface area contributed by atoms with Gasteiger partial charge in [-0.05, 0) is 30.3 Å². The van der Waals surface area contributed by atoms with Crippen LogP contribution in [0.3, 0.4) is 0 Å². The van der Waals surface area contributed by atoms with Crippen molar-refractivity contribution < 1.29 is 13.2 Å². The third-order valence-electron chi connectivity index (χ3n) is 4.37. The Morgan fingerprint density at radius 1 is 0.750 bits per heavy atom. The molecule has 0 bridgehead atoms. The van der Waals surface area contributed by atoms with E-state index >= 15 is 0 Å². The van der Waals surface area contributed by atoms with Crippen molar-refractivity contribution in [3.63, 3.8) is 0 Å². The lowest BCUT2D eigenvalue weighted by Gasteiger charge is -2.09. The largest absolute Gasteiger partial charge is 0.296 e. The molecule has 4 rings (SSSR count). The van der Waals surface area contributed by atoms with Crippen molar-refractivity contribution in [2.45, 2.75) is 4.90 Å². The zero-order valence-corrected chi connectivity index (χ0v) is 15.6. The second-order valence-corrected chi connectivity index (χ2v) is 7.88. The van der Waals surface area contributed by atoms with Gasteiger partial charge in [-0.1, -0.05) is 66.4 Å². The van der Waals surface area contributed by atoms with E-state index in [9.17, 15) is 13.2 Å². The molecule has 28 heavy (non-hydrogen) atoms. The molecule has 0 amide bonds. The highest BCUT2D eigenvalue weighted by Gasteiger charge is 2.25. The lowest BCUT2D eigenvalue weighted by molar-refractivity contribution is 0.111. The maximum atomic E-state index is 13.3. The van der Waals surface area contributed by atoms with Crippen LogP contribution in [-0.4, -0.2) is 18.7 Å². The Morgan fingerprint density at radius 3 is 2.04 bits per heavy atom. The standard InChI is InChI=1S/C23H15NO3S/c25-17-23-21(16-15-18-9-3-1-4-10-18)20-13-7-8-14-22(20)24(23)28(26,27)19-11-5-2-6-12-19/h1-14,17H. The van der Waals surface area contributed by atoms with E-state index in [2.05, 4.69) is 11.8 Å². The molecule has 136 valence electrons. The minimum atomic E-state index is -3.95. The van der Waals surface area contributed by atoms with Gasteiger partial charge in [-0.3, -0.25) is 4.79 Å². The Balaban J connectivity index is 2.02. The molecule has 3 aromatic carbocycles.